The van der Waals surface area contributed by atoms with Gasteiger partial charge in [0.2, 0.25) is 0 Å². The lowest BCUT2D eigenvalue weighted by atomic mass is 10.3. The van der Waals surface area contributed by atoms with Crippen molar-refractivity contribution in [2.75, 3.05) is 26.9 Å². The molecule has 1 aliphatic heterocycles. The maximum atomic E-state index is 11.8. The number of rotatable bonds is 4. The van der Waals surface area contributed by atoms with Crippen LogP contribution in [0.3, 0.4) is 0 Å². The predicted octanol–water partition coefficient (Wildman–Crippen LogP) is 0.312. The molecule has 0 aromatic carbocycles. The summed E-state index contributed by atoms with van der Waals surface area (Å²) in [5.41, 5.74) is 0.223. The summed E-state index contributed by atoms with van der Waals surface area (Å²) in [5.74, 6) is 0.000540. The quantitative estimate of drug-likeness (QED) is 0.630. The van der Waals surface area contributed by atoms with Crippen LogP contribution in [0.1, 0.15) is 10.5 Å². The lowest BCUT2D eigenvalue weighted by molar-refractivity contribution is -0.134. The first kappa shape index (κ1) is 13.9. The van der Waals surface area contributed by atoms with Crippen molar-refractivity contribution >= 4 is 11.9 Å². The zero-order valence-electron chi connectivity index (χ0n) is 10.9. The summed E-state index contributed by atoms with van der Waals surface area (Å²) in [6, 6.07) is 3.19. The summed E-state index contributed by atoms with van der Waals surface area (Å²) in [4.78, 5) is 26.7. The zero-order chi connectivity index (χ0) is 14.4. The van der Waals surface area contributed by atoms with Crippen molar-refractivity contribution in [3.8, 4) is 11.6 Å². The molecule has 0 saturated heterocycles. The molecule has 1 aliphatic rings. The largest absolute Gasteiger partial charge is 0.484 e. The van der Waals surface area contributed by atoms with Gasteiger partial charge in [-0.15, -0.1) is 0 Å². The van der Waals surface area contributed by atoms with Crippen LogP contribution in [0.25, 0.3) is 0 Å². The predicted molar refractivity (Wildman–Crippen MR) is 68.7 cm³/mol. The maximum Gasteiger partial charge on any atom is 0.330 e. The molecule has 0 bridgehead atoms. The molecule has 1 N–H and O–H groups in total. The number of hydrogen-bond acceptors (Lipinski definition) is 6. The number of esters is 1. The summed E-state index contributed by atoms with van der Waals surface area (Å²) in [6.07, 6.45) is 2.72. The van der Waals surface area contributed by atoms with Gasteiger partial charge in [-0.25, -0.2) is 9.78 Å². The second kappa shape index (κ2) is 6.55. The van der Waals surface area contributed by atoms with E-state index in [1.54, 1.807) is 12.1 Å². The lowest BCUT2D eigenvalue weighted by Crippen LogP contribution is -2.25. The van der Waals surface area contributed by atoms with E-state index in [9.17, 15) is 9.59 Å². The Hall–Kier alpha value is -2.57. The van der Waals surface area contributed by atoms with Crippen LogP contribution in [0, 0.1) is 0 Å². The van der Waals surface area contributed by atoms with Gasteiger partial charge in [0.25, 0.3) is 11.8 Å². The van der Waals surface area contributed by atoms with E-state index in [2.05, 4.69) is 15.0 Å². The van der Waals surface area contributed by atoms with Crippen LogP contribution >= 0.6 is 0 Å². The normalized spacial score (nSPS) is 13.1. The Morgan fingerprint density at radius 3 is 3.00 bits per heavy atom. The first-order chi connectivity index (χ1) is 9.70. The minimum Gasteiger partial charge on any atom is -0.484 e. The van der Waals surface area contributed by atoms with Gasteiger partial charge in [-0.3, -0.25) is 4.79 Å². The average molecular weight is 278 g/mol. The van der Waals surface area contributed by atoms with Crippen molar-refractivity contribution in [1.82, 2.24) is 10.3 Å². The van der Waals surface area contributed by atoms with Gasteiger partial charge in [-0.05, 0) is 12.1 Å². The smallest absolute Gasteiger partial charge is 0.330 e. The number of carbonyl (C=O) groups is 2. The van der Waals surface area contributed by atoms with Crippen molar-refractivity contribution in [2.24, 2.45) is 0 Å². The summed E-state index contributed by atoms with van der Waals surface area (Å²) in [5, 5.41) is 2.59. The van der Waals surface area contributed by atoms with Gasteiger partial charge in [-0.1, -0.05) is 6.08 Å². The highest BCUT2D eigenvalue weighted by Gasteiger charge is 2.16. The van der Waals surface area contributed by atoms with Crippen molar-refractivity contribution in [3.05, 3.63) is 30.0 Å². The highest BCUT2D eigenvalue weighted by atomic mass is 16.6. The molecule has 1 aromatic rings. The monoisotopic (exact) mass is 278 g/mol. The third-order valence-corrected chi connectivity index (χ3v) is 2.47. The van der Waals surface area contributed by atoms with Gasteiger partial charge >= 0.3 is 5.97 Å². The van der Waals surface area contributed by atoms with Crippen LogP contribution in [0.15, 0.2) is 24.3 Å². The number of ether oxygens (including phenoxy) is 3. The van der Waals surface area contributed by atoms with E-state index in [4.69, 9.17) is 9.47 Å². The van der Waals surface area contributed by atoms with Crippen molar-refractivity contribution in [3.63, 3.8) is 0 Å². The molecule has 0 unspecified atom stereocenters. The van der Waals surface area contributed by atoms with Gasteiger partial charge in [0.05, 0.1) is 7.11 Å². The Kier molecular flexibility index (Phi) is 4.54. The summed E-state index contributed by atoms with van der Waals surface area (Å²) >= 11 is 0. The van der Waals surface area contributed by atoms with E-state index >= 15 is 0 Å². The molecule has 7 nitrogen and oxygen atoms in total. The molecular formula is C13H14N2O5. The fourth-order valence-electron chi connectivity index (χ4n) is 1.52. The van der Waals surface area contributed by atoms with Gasteiger partial charge in [0.1, 0.15) is 18.9 Å². The molecule has 106 valence electrons. The maximum absolute atomic E-state index is 11.8. The second-order valence-corrected chi connectivity index (χ2v) is 3.83. The van der Waals surface area contributed by atoms with Crippen LogP contribution in [-0.2, 0) is 9.53 Å². The molecule has 1 aromatic heterocycles. The number of hydrogen-bond donors (Lipinski definition) is 1. The van der Waals surface area contributed by atoms with Gasteiger partial charge in [0, 0.05) is 12.6 Å². The lowest BCUT2D eigenvalue weighted by Gasteiger charge is -2.17. The third kappa shape index (κ3) is 3.47. The van der Waals surface area contributed by atoms with Gasteiger partial charge in [0.15, 0.2) is 5.75 Å². The van der Waals surface area contributed by atoms with E-state index in [1.165, 1.54) is 19.3 Å². The minimum atomic E-state index is -0.475. The first-order valence-corrected chi connectivity index (χ1v) is 6.00. The summed E-state index contributed by atoms with van der Waals surface area (Å²) in [7, 11) is 1.28. The molecule has 2 heterocycles. The first-order valence-electron chi connectivity index (χ1n) is 6.00. The fraction of sp³-hybridized carbons (Fsp3) is 0.308. The molecule has 0 radical (unpaired) electrons. The molecule has 0 fully saturated rings. The topological polar surface area (TPSA) is 86.8 Å². The van der Waals surface area contributed by atoms with E-state index in [1.807, 2.05) is 0 Å². The number of aromatic nitrogens is 1. The number of fused-ring (bicyclic) bond motifs is 1. The molecule has 0 atom stereocenters. The highest BCUT2D eigenvalue weighted by Crippen LogP contribution is 2.27. The Balaban J connectivity index is 1.92. The number of carbonyl (C=O) groups excluding carboxylic acids is 2. The summed E-state index contributed by atoms with van der Waals surface area (Å²) < 4.78 is 15.0. The third-order valence-electron chi connectivity index (χ3n) is 2.47. The van der Waals surface area contributed by atoms with Crippen LogP contribution < -0.4 is 14.8 Å². The number of nitrogens with one attached hydrogen (secondary N) is 1. The molecule has 1 amide bonds. The van der Waals surface area contributed by atoms with Crippen LogP contribution in [0.4, 0.5) is 0 Å². The van der Waals surface area contributed by atoms with Crippen molar-refractivity contribution in [2.45, 2.75) is 0 Å². The minimum absolute atomic E-state index is 0.198. The Bertz CT molecular complexity index is 542. The van der Waals surface area contributed by atoms with E-state index in [-0.39, 0.29) is 18.1 Å². The summed E-state index contributed by atoms with van der Waals surface area (Å²) in [6.45, 7) is 1.08. The molecule has 0 aliphatic carbocycles. The average Bonchev–Trinajstić information content (AvgIpc) is 2.50. The van der Waals surface area contributed by atoms with Crippen LogP contribution in [0.5, 0.6) is 11.6 Å². The number of methoxy groups -OCH3 is 1. The van der Waals surface area contributed by atoms with Crippen molar-refractivity contribution < 1.29 is 23.8 Å². The van der Waals surface area contributed by atoms with E-state index < -0.39 is 5.97 Å². The highest BCUT2D eigenvalue weighted by molar-refractivity contribution is 5.92. The second-order valence-electron chi connectivity index (χ2n) is 3.83. The standard InChI is InChI=1S/C13H14N2O5/c1-18-11(16)3-2-6-14-12(17)9-4-5-10-13(15-9)20-8-7-19-10/h2-5H,6-8H2,1H3,(H,14,17)/b3-2+. The number of amides is 1. The molecule has 0 spiro atoms. The van der Waals surface area contributed by atoms with E-state index in [0.29, 0.717) is 24.8 Å². The number of pyridine rings is 1. The van der Waals surface area contributed by atoms with E-state index in [0.717, 1.165) is 0 Å². The van der Waals surface area contributed by atoms with Crippen LogP contribution in [-0.4, -0.2) is 43.7 Å². The van der Waals surface area contributed by atoms with Crippen molar-refractivity contribution in [1.29, 1.82) is 0 Å². The molecule has 7 heteroatoms. The molecule has 2 rings (SSSR count). The van der Waals surface area contributed by atoms with Gasteiger partial charge < -0.3 is 19.5 Å². The number of nitrogens with zero attached hydrogens (tertiary/aromatic N) is 1. The Labute approximate surface area is 115 Å². The molecule has 20 heavy (non-hydrogen) atoms. The Morgan fingerprint density at radius 1 is 1.40 bits per heavy atom. The molecule has 0 saturated carbocycles. The Morgan fingerprint density at radius 2 is 2.20 bits per heavy atom. The SMILES string of the molecule is COC(=O)/C=C/CNC(=O)c1ccc2c(n1)OCCO2. The zero-order valence-corrected chi connectivity index (χ0v) is 10.9. The molecular weight excluding hydrogens is 264 g/mol. The van der Waals surface area contributed by atoms with Crippen LogP contribution in [0.2, 0.25) is 0 Å². The fourth-order valence-corrected chi connectivity index (χ4v) is 1.52. The van der Waals surface area contributed by atoms with Gasteiger partial charge in [-0.2, -0.15) is 0 Å².